The van der Waals surface area contributed by atoms with Gasteiger partial charge < -0.3 is 15.4 Å². The number of carbonyl (C=O) groups excluding carboxylic acids is 1. The van der Waals surface area contributed by atoms with Crippen LogP contribution in [0, 0.1) is 0 Å². The largest absolute Gasteiger partial charge is 0.496 e. The maximum atomic E-state index is 12.3. The summed E-state index contributed by atoms with van der Waals surface area (Å²) in [4.78, 5) is 20.6. The molecule has 0 aliphatic heterocycles. The summed E-state index contributed by atoms with van der Waals surface area (Å²) in [6, 6.07) is 14.7. The summed E-state index contributed by atoms with van der Waals surface area (Å²) in [6.07, 6.45) is 2.95. The third kappa shape index (κ3) is 4.49. The fraction of sp³-hybridized carbons (Fsp3) is 0.105. The molecule has 3 rings (SSSR count). The molecule has 0 aliphatic rings. The van der Waals surface area contributed by atoms with E-state index in [1.165, 1.54) is 12.4 Å². The number of ether oxygens (including phenoxy) is 1. The van der Waals surface area contributed by atoms with E-state index in [0.29, 0.717) is 23.1 Å². The van der Waals surface area contributed by atoms with Crippen LogP contribution in [-0.2, 0) is 6.54 Å². The summed E-state index contributed by atoms with van der Waals surface area (Å²) in [7, 11) is 1.60. The van der Waals surface area contributed by atoms with Crippen molar-refractivity contribution in [3.63, 3.8) is 0 Å². The molecule has 2 aromatic carbocycles. The average molecular weight is 369 g/mol. The highest BCUT2D eigenvalue weighted by Crippen LogP contribution is 2.18. The molecule has 0 unspecified atom stereocenters. The van der Waals surface area contributed by atoms with Gasteiger partial charge in [0.2, 0.25) is 5.95 Å². The molecule has 132 valence electrons. The number of nitrogens with one attached hydrogen (secondary N) is 2. The number of nitrogens with zero attached hydrogens (tertiary/aromatic N) is 2. The first-order chi connectivity index (χ1) is 12.7. The molecule has 1 amide bonds. The number of halogens is 1. The maximum Gasteiger partial charge on any atom is 0.254 e. The number of rotatable bonds is 6. The lowest BCUT2D eigenvalue weighted by Gasteiger charge is -2.09. The molecule has 0 fully saturated rings. The van der Waals surface area contributed by atoms with E-state index in [4.69, 9.17) is 16.3 Å². The van der Waals surface area contributed by atoms with Gasteiger partial charge in [-0.15, -0.1) is 0 Å². The Morgan fingerprint density at radius 2 is 1.77 bits per heavy atom. The van der Waals surface area contributed by atoms with E-state index in [2.05, 4.69) is 20.6 Å². The molecule has 0 saturated carbocycles. The van der Waals surface area contributed by atoms with Crippen LogP contribution in [0.1, 0.15) is 15.9 Å². The number of anilines is 2. The smallest absolute Gasteiger partial charge is 0.254 e. The van der Waals surface area contributed by atoms with Crippen LogP contribution in [0.3, 0.4) is 0 Å². The number of hydrogen-bond donors (Lipinski definition) is 2. The lowest BCUT2D eigenvalue weighted by molar-refractivity contribution is 0.0950. The molecule has 6 nitrogen and oxygen atoms in total. The fourth-order valence-corrected chi connectivity index (χ4v) is 2.42. The van der Waals surface area contributed by atoms with Crippen molar-refractivity contribution in [2.75, 3.05) is 12.4 Å². The monoisotopic (exact) mass is 368 g/mol. The lowest BCUT2D eigenvalue weighted by Crippen LogP contribution is -2.23. The molecule has 0 atom stereocenters. The van der Waals surface area contributed by atoms with Gasteiger partial charge in [-0.2, -0.15) is 0 Å². The highest BCUT2D eigenvalue weighted by atomic mass is 35.5. The second-order valence-electron chi connectivity index (χ2n) is 5.42. The minimum absolute atomic E-state index is 0.256. The Bertz CT molecular complexity index is 883. The van der Waals surface area contributed by atoms with Crippen molar-refractivity contribution >= 4 is 29.1 Å². The van der Waals surface area contributed by atoms with Crippen LogP contribution >= 0.6 is 11.6 Å². The topological polar surface area (TPSA) is 76.1 Å². The second kappa shape index (κ2) is 8.31. The number of benzene rings is 2. The predicted molar refractivity (Wildman–Crippen MR) is 101 cm³/mol. The molecule has 0 saturated heterocycles. The van der Waals surface area contributed by atoms with Crippen LogP contribution < -0.4 is 15.4 Å². The Morgan fingerprint density at radius 1 is 1.08 bits per heavy atom. The van der Waals surface area contributed by atoms with Gasteiger partial charge in [-0.05, 0) is 30.3 Å². The van der Waals surface area contributed by atoms with Crippen molar-refractivity contribution in [1.29, 1.82) is 0 Å². The average Bonchev–Trinajstić information content (AvgIpc) is 2.68. The van der Waals surface area contributed by atoms with E-state index in [0.717, 1.165) is 17.0 Å². The molecule has 0 bridgehead atoms. The van der Waals surface area contributed by atoms with Crippen molar-refractivity contribution in [1.82, 2.24) is 15.3 Å². The fourth-order valence-electron chi connectivity index (χ4n) is 2.30. The van der Waals surface area contributed by atoms with Crippen molar-refractivity contribution in [2.45, 2.75) is 6.54 Å². The summed E-state index contributed by atoms with van der Waals surface area (Å²) in [5.74, 6) is 0.870. The van der Waals surface area contributed by atoms with E-state index < -0.39 is 0 Å². The quantitative estimate of drug-likeness (QED) is 0.691. The van der Waals surface area contributed by atoms with E-state index in [-0.39, 0.29) is 5.91 Å². The molecule has 3 aromatic rings. The van der Waals surface area contributed by atoms with Crippen molar-refractivity contribution in [2.24, 2.45) is 0 Å². The molecule has 0 radical (unpaired) electrons. The summed E-state index contributed by atoms with van der Waals surface area (Å²) in [6.45, 7) is 0.355. The minimum atomic E-state index is -0.256. The Kier molecular flexibility index (Phi) is 5.66. The van der Waals surface area contributed by atoms with E-state index >= 15 is 0 Å². The predicted octanol–water partition coefficient (Wildman–Crippen LogP) is 3.81. The minimum Gasteiger partial charge on any atom is -0.496 e. The number of carbonyl (C=O) groups is 1. The van der Waals surface area contributed by atoms with Crippen LogP contribution in [0.15, 0.2) is 60.9 Å². The Balaban J connectivity index is 1.60. The summed E-state index contributed by atoms with van der Waals surface area (Å²) in [5.41, 5.74) is 2.08. The Hall–Kier alpha value is -3.12. The third-order valence-electron chi connectivity index (χ3n) is 3.65. The van der Waals surface area contributed by atoms with Crippen molar-refractivity contribution in [3.8, 4) is 5.75 Å². The molecular weight excluding hydrogens is 352 g/mol. The molecule has 0 spiro atoms. The number of methoxy groups -OCH3 is 1. The second-order valence-corrected chi connectivity index (χ2v) is 5.86. The highest BCUT2D eigenvalue weighted by molar-refractivity contribution is 6.30. The molecular formula is C19H17ClN4O2. The Labute approximate surface area is 156 Å². The molecule has 1 heterocycles. The van der Waals surface area contributed by atoms with Gasteiger partial charge in [0.15, 0.2) is 0 Å². The van der Waals surface area contributed by atoms with Gasteiger partial charge >= 0.3 is 0 Å². The summed E-state index contributed by atoms with van der Waals surface area (Å²) in [5, 5.41) is 6.52. The van der Waals surface area contributed by atoms with Gasteiger partial charge in [0.25, 0.3) is 5.91 Å². The van der Waals surface area contributed by atoms with Crippen molar-refractivity contribution in [3.05, 3.63) is 77.1 Å². The zero-order valence-electron chi connectivity index (χ0n) is 14.1. The van der Waals surface area contributed by atoms with Crippen molar-refractivity contribution < 1.29 is 9.53 Å². The Morgan fingerprint density at radius 3 is 2.46 bits per heavy atom. The van der Waals surface area contributed by atoms with E-state index in [9.17, 15) is 4.79 Å². The first kappa shape index (κ1) is 17.7. The zero-order chi connectivity index (χ0) is 18.4. The van der Waals surface area contributed by atoms with Gasteiger partial charge in [0.1, 0.15) is 5.75 Å². The van der Waals surface area contributed by atoms with Crippen LogP contribution in [0.4, 0.5) is 11.6 Å². The maximum absolute atomic E-state index is 12.3. The van der Waals surface area contributed by atoms with Gasteiger partial charge in [-0.3, -0.25) is 4.79 Å². The van der Waals surface area contributed by atoms with Gasteiger partial charge in [-0.25, -0.2) is 9.97 Å². The standard InChI is InChI=1S/C19H17ClN4O2/c1-26-17-5-3-2-4-13(17)10-21-18(25)14-11-22-19(23-12-14)24-16-8-6-15(20)7-9-16/h2-9,11-12H,10H2,1H3,(H,21,25)(H,22,23,24). The first-order valence-corrected chi connectivity index (χ1v) is 8.28. The lowest BCUT2D eigenvalue weighted by atomic mass is 10.2. The number of hydrogen-bond acceptors (Lipinski definition) is 5. The van der Waals surface area contributed by atoms with Crippen LogP contribution in [-0.4, -0.2) is 23.0 Å². The van der Waals surface area contributed by atoms with Gasteiger partial charge in [0, 0.05) is 35.2 Å². The third-order valence-corrected chi connectivity index (χ3v) is 3.90. The molecule has 0 aliphatic carbocycles. The zero-order valence-corrected chi connectivity index (χ0v) is 14.8. The normalized spacial score (nSPS) is 10.2. The molecule has 26 heavy (non-hydrogen) atoms. The first-order valence-electron chi connectivity index (χ1n) is 7.90. The van der Waals surface area contributed by atoms with Crippen LogP contribution in [0.25, 0.3) is 0 Å². The van der Waals surface area contributed by atoms with Crippen LogP contribution in [0.2, 0.25) is 5.02 Å². The summed E-state index contributed by atoms with van der Waals surface area (Å²) < 4.78 is 5.27. The highest BCUT2D eigenvalue weighted by Gasteiger charge is 2.09. The number of aromatic nitrogens is 2. The summed E-state index contributed by atoms with van der Waals surface area (Å²) >= 11 is 5.85. The SMILES string of the molecule is COc1ccccc1CNC(=O)c1cnc(Nc2ccc(Cl)cc2)nc1. The van der Waals surface area contributed by atoms with E-state index in [1.807, 2.05) is 36.4 Å². The number of para-hydroxylation sites is 1. The molecule has 7 heteroatoms. The van der Waals surface area contributed by atoms with Crippen LogP contribution in [0.5, 0.6) is 5.75 Å². The van der Waals surface area contributed by atoms with E-state index in [1.54, 1.807) is 19.2 Å². The number of amides is 1. The van der Waals surface area contributed by atoms with Gasteiger partial charge in [-0.1, -0.05) is 29.8 Å². The molecule has 2 N–H and O–H groups in total. The van der Waals surface area contributed by atoms with Gasteiger partial charge in [0.05, 0.1) is 12.7 Å². The molecule has 1 aromatic heterocycles.